The standard InChI is InChI=1S/C11H13ClN4.C11H14N4O.Cl2OS.ClH/c1-8(2)16-10(3-4-15-16)11-9(7-12)13-5-6-14-11;1-8(2)15-10(3-4-14-15)11-9(7-16)12-5-6-13-11;1-4(2)3;/h3-6,8H,7H2,1-2H3;3-6,8,16H,7H2,1-2H3;;1H. The summed E-state index contributed by atoms with van der Waals surface area (Å²) in [5.41, 5.74) is 4.70. The van der Waals surface area contributed by atoms with Gasteiger partial charge < -0.3 is 5.11 Å². The van der Waals surface area contributed by atoms with Crippen LogP contribution in [-0.2, 0) is 21.7 Å². The van der Waals surface area contributed by atoms with Crippen LogP contribution in [0.25, 0.3) is 22.8 Å². The highest BCUT2D eigenvalue weighted by molar-refractivity contribution is 8.26. The second kappa shape index (κ2) is 16.6. The number of rotatable bonds is 6. The van der Waals surface area contributed by atoms with Gasteiger partial charge in [-0.3, -0.25) is 29.3 Å². The van der Waals surface area contributed by atoms with Crippen molar-refractivity contribution in [2.24, 2.45) is 0 Å². The van der Waals surface area contributed by atoms with Gasteiger partial charge in [0.1, 0.15) is 11.4 Å². The third-order valence-electron chi connectivity index (χ3n) is 4.63. The summed E-state index contributed by atoms with van der Waals surface area (Å²) < 4.78 is 12.9. The highest BCUT2D eigenvalue weighted by atomic mass is 36.0. The molecule has 37 heavy (non-hydrogen) atoms. The molecular formula is C22H28Cl4N8O2S. The number of halogens is 4. The average Bonchev–Trinajstić information content (AvgIpc) is 3.54. The van der Waals surface area contributed by atoms with E-state index in [4.69, 9.17) is 15.8 Å². The molecule has 0 atom stereocenters. The zero-order valence-corrected chi connectivity index (χ0v) is 24.5. The molecule has 4 heterocycles. The third kappa shape index (κ3) is 9.59. The molecule has 0 fully saturated rings. The summed E-state index contributed by atoms with van der Waals surface area (Å²) >= 11 is 5.85. The Labute approximate surface area is 238 Å². The summed E-state index contributed by atoms with van der Waals surface area (Å²) in [6.45, 7) is 8.13. The first-order chi connectivity index (χ1) is 17.2. The van der Waals surface area contributed by atoms with Gasteiger partial charge in [-0.25, -0.2) is 4.21 Å². The summed E-state index contributed by atoms with van der Waals surface area (Å²) in [7, 11) is 7.36. The molecule has 0 aromatic carbocycles. The number of aromatic nitrogens is 8. The van der Waals surface area contributed by atoms with Crippen LogP contribution in [0.15, 0.2) is 49.3 Å². The molecule has 0 unspecified atom stereocenters. The summed E-state index contributed by atoms with van der Waals surface area (Å²) in [6, 6.07) is 4.34. The van der Waals surface area contributed by atoms with Crippen molar-refractivity contribution in [3.63, 3.8) is 0 Å². The number of hydrogen-bond acceptors (Lipinski definition) is 8. The molecule has 15 heteroatoms. The lowest BCUT2D eigenvalue weighted by molar-refractivity contribution is 0.277. The lowest BCUT2D eigenvalue weighted by Gasteiger charge is -2.11. The molecule has 0 aliphatic carbocycles. The number of nitrogens with zero attached hydrogens (tertiary/aromatic N) is 8. The van der Waals surface area contributed by atoms with Crippen LogP contribution in [0.2, 0.25) is 0 Å². The molecule has 0 saturated heterocycles. The topological polar surface area (TPSA) is 124 Å². The minimum absolute atomic E-state index is 0. The molecule has 0 saturated carbocycles. The van der Waals surface area contributed by atoms with E-state index in [1.54, 1.807) is 37.2 Å². The predicted octanol–water partition coefficient (Wildman–Crippen LogP) is 5.54. The molecule has 0 spiro atoms. The van der Waals surface area contributed by atoms with E-state index in [1.165, 1.54) is 0 Å². The van der Waals surface area contributed by atoms with Crippen molar-refractivity contribution < 1.29 is 9.32 Å². The van der Waals surface area contributed by atoms with Crippen LogP contribution >= 0.6 is 45.4 Å². The summed E-state index contributed by atoms with van der Waals surface area (Å²) in [4.78, 5) is 16.9. The van der Waals surface area contributed by atoms with Crippen LogP contribution < -0.4 is 0 Å². The van der Waals surface area contributed by atoms with E-state index in [0.29, 0.717) is 17.3 Å². The maximum atomic E-state index is 9.21. The van der Waals surface area contributed by atoms with Gasteiger partial charge in [0.2, 0.25) is 9.23 Å². The predicted molar refractivity (Wildman–Crippen MR) is 150 cm³/mol. The van der Waals surface area contributed by atoms with Crippen molar-refractivity contribution in [3.8, 4) is 22.8 Å². The Morgan fingerprint density at radius 1 is 0.784 bits per heavy atom. The Morgan fingerprint density at radius 3 is 1.54 bits per heavy atom. The fourth-order valence-electron chi connectivity index (χ4n) is 3.20. The number of hydrogen-bond donors (Lipinski definition) is 1. The number of aliphatic hydroxyl groups excluding tert-OH is 1. The van der Waals surface area contributed by atoms with E-state index in [9.17, 15) is 5.11 Å². The van der Waals surface area contributed by atoms with Crippen molar-refractivity contribution >= 4 is 54.6 Å². The second-order valence-corrected chi connectivity index (χ2v) is 10.5. The molecular weight excluding hydrogens is 582 g/mol. The molecule has 1 N–H and O–H groups in total. The Kier molecular flexibility index (Phi) is 14.8. The Morgan fingerprint density at radius 2 is 1.16 bits per heavy atom. The van der Waals surface area contributed by atoms with Crippen LogP contribution in [0.3, 0.4) is 0 Å². The van der Waals surface area contributed by atoms with Gasteiger partial charge in [-0.05, 0) is 39.8 Å². The van der Waals surface area contributed by atoms with E-state index < -0.39 is 9.23 Å². The first-order valence-corrected chi connectivity index (χ1v) is 14.1. The smallest absolute Gasteiger partial charge is 0.211 e. The minimum Gasteiger partial charge on any atom is -0.390 e. The fourth-order valence-corrected chi connectivity index (χ4v) is 3.40. The highest BCUT2D eigenvalue weighted by Crippen LogP contribution is 2.23. The van der Waals surface area contributed by atoms with Crippen LogP contribution in [0, 0.1) is 0 Å². The molecule has 0 radical (unpaired) electrons. The average molecular weight is 610 g/mol. The van der Waals surface area contributed by atoms with E-state index in [0.717, 1.165) is 22.8 Å². The summed E-state index contributed by atoms with van der Waals surface area (Å²) in [5.74, 6) is 0.354. The molecule has 0 aliphatic heterocycles. The molecule has 202 valence electrons. The minimum atomic E-state index is -1.67. The fraction of sp³-hybridized carbons (Fsp3) is 0.364. The van der Waals surface area contributed by atoms with E-state index >= 15 is 0 Å². The quantitative estimate of drug-likeness (QED) is 0.223. The van der Waals surface area contributed by atoms with Crippen molar-refractivity contribution in [2.45, 2.75) is 52.3 Å². The van der Waals surface area contributed by atoms with Crippen molar-refractivity contribution in [2.75, 3.05) is 0 Å². The van der Waals surface area contributed by atoms with Gasteiger partial charge in [-0.15, -0.1) is 24.0 Å². The van der Waals surface area contributed by atoms with Gasteiger partial charge in [0.25, 0.3) is 0 Å². The van der Waals surface area contributed by atoms with Gasteiger partial charge in [0.05, 0.1) is 35.3 Å². The lowest BCUT2D eigenvalue weighted by atomic mass is 10.2. The molecule has 4 aromatic heterocycles. The van der Waals surface area contributed by atoms with Crippen LogP contribution in [-0.4, -0.2) is 48.8 Å². The lowest BCUT2D eigenvalue weighted by Crippen LogP contribution is -2.07. The Bertz CT molecular complexity index is 1160. The zero-order chi connectivity index (χ0) is 26.7. The molecule has 4 aromatic rings. The molecule has 0 bridgehead atoms. The summed E-state index contributed by atoms with van der Waals surface area (Å²) in [5, 5.41) is 17.7. The zero-order valence-electron chi connectivity index (χ0n) is 20.6. The monoisotopic (exact) mass is 608 g/mol. The normalized spacial score (nSPS) is 10.5. The second-order valence-electron chi connectivity index (χ2n) is 7.69. The Hall–Kier alpha value is -2.15. The van der Waals surface area contributed by atoms with E-state index in [1.807, 2.05) is 35.3 Å². The third-order valence-corrected chi connectivity index (χ3v) is 4.88. The van der Waals surface area contributed by atoms with Gasteiger partial charge in [-0.1, -0.05) is 0 Å². The SMILES string of the molecule is CC(C)n1nccc1-c1nccnc1CCl.CC(C)n1nccc1-c1nccnc1CO.Cl.O=S(Cl)Cl. The van der Waals surface area contributed by atoms with Crippen molar-refractivity contribution in [1.29, 1.82) is 0 Å². The first-order valence-electron chi connectivity index (χ1n) is 10.8. The molecule has 0 amide bonds. The van der Waals surface area contributed by atoms with Gasteiger partial charge >= 0.3 is 0 Å². The van der Waals surface area contributed by atoms with Gasteiger partial charge in [-0.2, -0.15) is 10.2 Å². The van der Waals surface area contributed by atoms with E-state index in [-0.39, 0.29) is 31.1 Å². The van der Waals surface area contributed by atoms with Crippen LogP contribution in [0.1, 0.15) is 51.2 Å². The van der Waals surface area contributed by atoms with Crippen LogP contribution in [0.4, 0.5) is 0 Å². The van der Waals surface area contributed by atoms with E-state index in [2.05, 4.69) is 65.3 Å². The van der Waals surface area contributed by atoms with Gasteiger partial charge in [0, 0.05) is 70.6 Å². The molecule has 4 rings (SSSR count). The van der Waals surface area contributed by atoms with Crippen LogP contribution in [0.5, 0.6) is 0 Å². The molecule has 10 nitrogen and oxygen atoms in total. The highest BCUT2D eigenvalue weighted by Gasteiger charge is 2.14. The summed E-state index contributed by atoms with van der Waals surface area (Å²) in [6.07, 6.45) is 10.0. The maximum Gasteiger partial charge on any atom is 0.211 e. The maximum absolute atomic E-state index is 9.21. The molecule has 0 aliphatic rings. The number of aliphatic hydroxyl groups is 1. The Balaban J connectivity index is 0.000000316. The van der Waals surface area contributed by atoms with Crippen molar-refractivity contribution in [1.82, 2.24) is 39.5 Å². The van der Waals surface area contributed by atoms with Crippen molar-refractivity contribution in [3.05, 3.63) is 60.7 Å². The largest absolute Gasteiger partial charge is 0.390 e. The first kappa shape index (κ1) is 32.9. The van der Waals surface area contributed by atoms with Gasteiger partial charge in [0.15, 0.2) is 0 Å². The number of alkyl halides is 1.